The third-order valence-corrected chi connectivity index (χ3v) is 5.46. The molecule has 0 aliphatic carbocycles. The van der Waals surface area contributed by atoms with Gasteiger partial charge in [0.2, 0.25) is 0 Å². The van der Waals surface area contributed by atoms with Gasteiger partial charge in [0.15, 0.2) is 11.6 Å². The first-order valence-electron chi connectivity index (χ1n) is 8.46. The average molecular weight is 368 g/mol. The lowest BCUT2D eigenvalue weighted by molar-refractivity contribution is 0.0757. The lowest BCUT2D eigenvalue weighted by atomic mass is 10.1. The van der Waals surface area contributed by atoms with Crippen molar-refractivity contribution in [2.24, 2.45) is 5.92 Å². The van der Waals surface area contributed by atoms with Gasteiger partial charge in [-0.15, -0.1) is 11.3 Å². The van der Waals surface area contributed by atoms with Crippen LogP contribution in [0.2, 0.25) is 0 Å². The van der Waals surface area contributed by atoms with Crippen molar-refractivity contribution in [2.75, 3.05) is 13.1 Å². The van der Waals surface area contributed by atoms with Crippen LogP contribution in [0.4, 0.5) is 0 Å². The summed E-state index contributed by atoms with van der Waals surface area (Å²) in [5.41, 5.74) is 1.71. The summed E-state index contributed by atoms with van der Waals surface area (Å²) >= 11 is 1.37. The van der Waals surface area contributed by atoms with Gasteiger partial charge in [0, 0.05) is 18.5 Å². The van der Waals surface area contributed by atoms with Crippen LogP contribution in [0.5, 0.6) is 0 Å². The summed E-state index contributed by atoms with van der Waals surface area (Å²) in [5.74, 6) is 0.854. The molecule has 26 heavy (non-hydrogen) atoms. The number of hydrogen-bond acceptors (Lipinski definition) is 6. The highest BCUT2D eigenvalue weighted by Gasteiger charge is 2.24. The number of carbonyl (C=O) groups is 1. The van der Waals surface area contributed by atoms with E-state index in [2.05, 4.69) is 16.0 Å². The van der Waals surface area contributed by atoms with Gasteiger partial charge in [0.1, 0.15) is 4.83 Å². The summed E-state index contributed by atoms with van der Waals surface area (Å²) in [4.78, 5) is 25.3. The van der Waals surface area contributed by atoms with Crippen molar-refractivity contribution >= 4 is 27.5 Å². The van der Waals surface area contributed by atoms with Crippen molar-refractivity contribution in [3.63, 3.8) is 0 Å². The number of nitrogens with zero attached hydrogens (tertiary/aromatic N) is 4. The normalized spacial score (nSPS) is 12.1. The first kappa shape index (κ1) is 18.1. The Balaban J connectivity index is 2.04. The second-order valence-corrected chi connectivity index (χ2v) is 7.22. The largest absolute Gasteiger partial charge is 0.461 e. The van der Waals surface area contributed by atoms with Crippen LogP contribution < -0.4 is 0 Å². The molecule has 3 heterocycles. The lowest BCUT2D eigenvalue weighted by Crippen LogP contribution is -2.34. The zero-order valence-corrected chi connectivity index (χ0v) is 16.1. The highest BCUT2D eigenvalue weighted by Crippen LogP contribution is 2.33. The van der Waals surface area contributed by atoms with E-state index in [1.54, 1.807) is 17.2 Å². The van der Waals surface area contributed by atoms with Crippen LogP contribution in [0.3, 0.4) is 0 Å². The summed E-state index contributed by atoms with van der Waals surface area (Å²) in [7, 11) is 0. The molecule has 0 spiro atoms. The van der Waals surface area contributed by atoms with Crippen LogP contribution in [0, 0.1) is 31.1 Å². The number of fused-ring (bicyclic) bond motifs is 1. The second kappa shape index (κ2) is 7.26. The number of aryl methyl sites for hydroxylation is 2. The lowest BCUT2D eigenvalue weighted by Gasteiger charge is -2.21. The maximum Gasteiger partial charge on any atom is 0.264 e. The Morgan fingerprint density at radius 3 is 2.81 bits per heavy atom. The van der Waals surface area contributed by atoms with E-state index < -0.39 is 0 Å². The van der Waals surface area contributed by atoms with E-state index in [4.69, 9.17) is 9.68 Å². The molecule has 0 aromatic carbocycles. The van der Waals surface area contributed by atoms with Crippen LogP contribution in [0.25, 0.3) is 21.8 Å². The molecule has 3 aromatic rings. The molecule has 7 heteroatoms. The topological polar surface area (TPSA) is 83.0 Å². The Kier molecular flexibility index (Phi) is 5.05. The van der Waals surface area contributed by atoms with Crippen molar-refractivity contribution in [1.82, 2.24) is 14.9 Å². The molecule has 134 valence electrons. The van der Waals surface area contributed by atoms with Gasteiger partial charge in [-0.05, 0) is 45.4 Å². The monoisotopic (exact) mass is 368 g/mol. The highest BCUT2D eigenvalue weighted by atomic mass is 32.1. The van der Waals surface area contributed by atoms with Crippen molar-refractivity contribution in [2.45, 2.75) is 27.7 Å². The first-order valence-corrected chi connectivity index (χ1v) is 9.28. The molecule has 0 aliphatic heterocycles. The molecule has 0 aliphatic rings. The van der Waals surface area contributed by atoms with Gasteiger partial charge >= 0.3 is 0 Å². The molecule has 0 N–H and O–H groups in total. The van der Waals surface area contributed by atoms with Crippen LogP contribution in [0.1, 0.15) is 34.8 Å². The quantitative estimate of drug-likeness (QED) is 0.674. The van der Waals surface area contributed by atoms with E-state index in [1.165, 1.54) is 11.3 Å². The predicted octanol–water partition coefficient (Wildman–Crippen LogP) is 4.19. The molecule has 3 rings (SSSR count). The third-order valence-electron chi connectivity index (χ3n) is 4.29. The van der Waals surface area contributed by atoms with Gasteiger partial charge in [-0.25, -0.2) is 9.97 Å². The van der Waals surface area contributed by atoms with Gasteiger partial charge in [-0.2, -0.15) is 5.26 Å². The van der Waals surface area contributed by atoms with Crippen molar-refractivity contribution in [3.8, 4) is 17.7 Å². The van der Waals surface area contributed by atoms with Crippen LogP contribution in [-0.4, -0.2) is 33.9 Å². The average Bonchev–Trinajstić information content (AvgIpc) is 3.27. The van der Waals surface area contributed by atoms with E-state index in [0.29, 0.717) is 29.6 Å². The number of amides is 1. The van der Waals surface area contributed by atoms with Gasteiger partial charge in [0.25, 0.3) is 5.91 Å². The minimum Gasteiger partial charge on any atom is -0.461 e. The van der Waals surface area contributed by atoms with Crippen LogP contribution >= 0.6 is 11.3 Å². The minimum atomic E-state index is -0.208. The number of furan rings is 1. The molecule has 6 nitrogen and oxygen atoms in total. The maximum absolute atomic E-state index is 13.0. The van der Waals surface area contributed by atoms with Crippen molar-refractivity contribution in [3.05, 3.63) is 34.5 Å². The number of thiophene rings is 1. The Morgan fingerprint density at radius 2 is 2.19 bits per heavy atom. The highest BCUT2D eigenvalue weighted by molar-refractivity contribution is 7.20. The molecule has 0 radical (unpaired) electrons. The number of carbonyl (C=O) groups excluding carboxylic acids is 1. The number of rotatable bonds is 5. The van der Waals surface area contributed by atoms with Gasteiger partial charge in [0.05, 0.1) is 28.8 Å². The second-order valence-electron chi connectivity index (χ2n) is 6.22. The van der Waals surface area contributed by atoms with E-state index in [9.17, 15) is 4.79 Å². The Morgan fingerprint density at radius 1 is 1.42 bits per heavy atom. The van der Waals surface area contributed by atoms with Gasteiger partial charge in [-0.3, -0.25) is 4.79 Å². The molecule has 0 saturated heterocycles. The van der Waals surface area contributed by atoms with E-state index in [-0.39, 0.29) is 11.8 Å². The molecule has 0 unspecified atom stereocenters. The Bertz CT molecular complexity index is 985. The van der Waals surface area contributed by atoms with Crippen molar-refractivity contribution < 1.29 is 9.21 Å². The molecule has 0 saturated carbocycles. The Labute approximate surface area is 156 Å². The number of nitriles is 1. The molecule has 1 amide bonds. The maximum atomic E-state index is 13.0. The molecular formula is C19H20N4O2S. The fraction of sp³-hybridized carbons (Fsp3) is 0.368. The molecule has 1 atom stereocenters. The van der Waals surface area contributed by atoms with E-state index in [1.807, 2.05) is 33.8 Å². The molecule has 0 bridgehead atoms. The van der Waals surface area contributed by atoms with Crippen molar-refractivity contribution in [1.29, 1.82) is 5.26 Å². The summed E-state index contributed by atoms with van der Waals surface area (Å²) in [5, 5.41) is 9.96. The van der Waals surface area contributed by atoms with Gasteiger partial charge in [-0.1, -0.05) is 0 Å². The standard InChI is InChI=1S/C19H20N4O2S/c1-5-23(10-11(2)9-20)19(24)16-12(3)15-13(4)21-17(22-18(15)26-16)14-7-6-8-25-14/h6-8,11H,5,10H2,1-4H3/t11-/m0/s1. The Hall–Kier alpha value is -2.72. The summed E-state index contributed by atoms with van der Waals surface area (Å²) in [6.07, 6.45) is 1.59. The smallest absolute Gasteiger partial charge is 0.264 e. The SMILES string of the molecule is CCN(C[C@@H](C)C#N)C(=O)c1sc2nc(-c3ccco3)nc(C)c2c1C. The fourth-order valence-corrected chi connectivity index (χ4v) is 4.13. The molecule has 0 fully saturated rings. The minimum absolute atomic E-state index is 0.0611. The third kappa shape index (κ3) is 3.20. The summed E-state index contributed by atoms with van der Waals surface area (Å²) in [6, 6.07) is 5.79. The number of hydrogen-bond donors (Lipinski definition) is 0. The van der Waals surface area contributed by atoms with E-state index in [0.717, 1.165) is 21.5 Å². The number of aromatic nitrogens is 2. The summed E-state index contributed by atoms with van der Waals surface area (Å²) < 4.78 is 5.39. The molecular weight excluding hydrogens is 348 g/mol. The predicted molar refractivity (Wildman–Crippen MR) is 101 cm³/mol. The fourth-order valence-electron chi connectivity index (χ4n) is 2.93. The zero-order chi connectivity index (χ0) is 18.8. The van der Waals surface area contributed by atoms with Crippen LogP contribution in [0.15, 0.2) is 22.8 Å². The van der Waals surface area contributed by atoms with E-state index >= 15 is 0 Å². The van der Waals surface area contributed by atoms with Crippen LogP contribution in [-0.2, 0) is 0 Å². The first-order chi connectivity index (χ1) is 12.5. The van der Waals surface area contributed by atoms with Gasteiger partial charge < -0.3 is 9.32 Å². The molecule has 3 aromatic heterocycles. The summed E-state index contributed by atoms with van der Waals surface area (Å²) in [6.45, 7) is 8.56. The zero-order valence-electron chi connectivity index (χ0n) is 15.2.